The van der Waals surface area contributed by atoms with Crippen LogP contribution in [0.25, 0.3) is 0 Å². The minimum atomic E-state index is -0.871. The summed E-state index contributed by atoms with van der Waals surface area (Å²) in [4.78, 5) is 0. The van der Waals surface area contributed by atoms with Crippen molar-refractivity contribution >= 4 is 17.6 Å². The van der Waals surface area contributed by atoms with Crippen LogP contribution in [0.5, 0.6) is 11.5 Å². The maximum absolute atomic E-state index is 13.6. The number of benzene rings is 2. The molecule has 0 spiro atoms. The van der Waals surface area contributed by atoms with Crippen molar-refractivity contribution in [3.8, 4) is 11.5 Å². The van der Waals surface area contributed by atoms with E-state index in [1.165, 1.54) is 0 Å². The first-order chi connectivity index (χ1) is 10.5. The Bertz CT molecular complexity index is 655. The van der Waals surface area contributed by atoms with E-state index >= 15 is 0 Å². The van der Waals surface area contributed by atoms with Crippen molar-refractivity contribution in [3.05, 3.63) is 58.6 Å². The molecule has 0 radical (unpaired) electrons. The van der Waals surface area contributed by atoms with Crippen LogP contribution in [0, 0.1) is 17.0 Å². The van der Waals surface area contributed by atoms with Crippen LogP contribution in [0.15, 0.2) is 36.4 Å². The average Bonchev–Trinajstić information content (AvgIpc) is 2.44. The van der Waals surface area contributed by atoms with Crippen molar-refractivity contribution in [3.63, 3.8) is 0 Å². The molecule has 116 valence electrons. The number of rotatable bonds is 5. The number of amidine groups is 1. The van der Waals surface area contributed by atoms with Crippen molar-refractivity contribution in [2.75, 3.05) is 6.61 Å². The fourth-order valence-corrected chi connectivity index (χ4v) is 1.94. The molecule has 2 aromatic rings. The van der Waals surface area contributed by atoms with Gasteiger partial charge in [-0.25, -0.2) is 8.78 Å². The Morgan fingerprint density at radius 2 is 1.73 bits per heavy atom. The van der Waals surface area contributed by atoms with Gasteiger partial charge in [0.05, 0.1) is 6.61 Å². The molecule has 0 bridgehead atoms. The number of nitrogens with two attached hydrogens (primary N) is 1. The molecular formula is C15H13ClF2N2O2. The van der Waals surface area contributed by atoms with E-state index in [1.54, 1.807) is 24.3 Å². The van der Waals surface area contributed by atoms with Crippen molar-refractivity contribution in [1.29, 1.82) is 5.41 Å². The zero-order valence-corrected chi connectivity index (χ0v) is 12.2. The molecule has 2 rings (SSSR count). The summed E-state index contributed by atoms with van der Waals surface area (Å²) in [5, 5.41) is 6.89. The third kappa shape index (κ3) is 4.33. The fraction of sp³-hybridized carbons (Fsp3) is 0.133. The third-order valence-corrected chi connectivity index (χ3v) is 2.97. The summed E-state index contributed by atoms with van der Waals surface area (Å²) in [5.74, 6) is -1.96. The zero-order chi connectivity index (χ0) is 16.1. The van der Waals surface area contributed by atoms with Gasteiger partial charge in [0, 0.05) is 11.4 Å². The topological polar surface area (TPSA) is 68.3 Å². The lowest BCUT2D eigenvalue weighted by atomic mass is 10.1. The highest BCUT2D eigenvalue weighted by Gasteiger charge is 2.13. The van der Waals surface area contributed by atoms with Gasteiger partial charge in [-0.1, -0.05) is 23.7 Å². The summed E-state index contributed by atoms with van der Waals surface area (Å²) >= 11 is 5.55. The van der Waals surface area contributed by atoms with Crippen LogP contribution in [0.1, 0.15) is 5.56 Å². The Balaban J connectivity index is 2.04. The molecule has 7 heteroatoms. The van der Waals surface area contributed by atoms with Crippen LogP contribution in [-0.2, 0) is 11.2 Å². The maximum atomic E-state index is 13.6. The smallest absolute Gasteiger partial charge is 0.279 e. The molecule has 0 heterocycles. The quantitative estimate of drug-likeness (QED) is 0.647. The standard InChI is InChI=1S/C15H13ClF2N2O2/c16-10-7-12(17)14(13(18)8-10)22-11-3-1-9(2-4-11)5-6-21-15(19)20/h1-4,7-8H,5-6H2,(H3,19,20). The lowest BCUT2D eigenvalue weighted by Crippen LogP contribution is -2.15. The Hall–Kier alpha value is -2.34. The highest BCUT2D eigenvalue weighted by atomic mass is 35.5. The van der Waals surface area contributed by atoms with E-state index < -0.39 is 17.4 Å². The summed E-state index contributed by atoms with van der Waals surface area (Å²) in [6, 6.07) is 8.23. The fourth-order valence-electron chi connectivity index (χ4n) is 1.75. The second kappa shape index (κ2) is 7.09. The third-order valence-electron chi connectivity index (χ3n) is 2.75. The van der Waals surface area contributed by atoms with E-state index in [1.807, 2.05) is 0 Å². The molecule has 0 aliphatic heterocycles. The maximum Gasteiger partial charge on any atom is 0.279 e. The Kier molecular flexibility index (Phi) is 5.16. The molecular weight excluding hydrogens is 314 g/mol. The van der Waals surface area contributed by atoms with Gasteiger partial charge in [-0.15, -0.1) is 0 Å². The highest BCUT2D eigenvalue weighted by Crippen LogP contribution is 2.30. The first-order valence-corrected chi connectivity index (χ1v) is 6.71. The Morgan fingerprint density at radius 1 is 1.14 bits per heavy atom. The predicted molar refractivity (Wildman–Crippen MR) is 79.5 cm³/mol. The van der Waals surface area contributed by atoms with Crippen molar-refractivity contribution < 1.29 is 18.3 Å². The molecule has 0 fully saturated rings. The molecule has 22 heavy (non-hydrogen) atoms. The molecule has 0 saturated heterocycles. The number of hydrogen-bond donors (Lipinski definition) is 2. The first kappa shape index (κ1) is 16.0. The Labute approximate surface area is 130 Å². The number of nitrogens with one attached hydrogen (secondary N) is 1. The number of halogens is 3. The van der Waals surface area contributed by atoms with Gasteiger partial charge in [0.1, 0.15) is 5.75 Å². The van der Waals surface area contributed by atoms with Crippen LogP contribution in [0.3, 0.4) is 0 Å². The van der Waals surface area contributed by atoms with Gasteiger partial charge < -0.3 is 15.2 Å². The molecule has 0 unspecified atom stereocenters. The van der Waals surface area contributed by atoms with Gasteiger partial charge in [0.2, 0.25) is 0 Å². The summed E-state index contributed by atoms with van der Waals surface area (Å²) in [6.45, 7) is 0.274. The highest BCUT2D eigenvalue weighted by molar-refractivity contribution is 6.30. The lowest BCUT2D eigenvalue weighted by Gasteiger charge is -2.09. The summed E-state index contributed by atoms with van der Waals surface area (Å²) < 4.78 is 37.3. The molecule has 2 aromatic carbocycles. The molecule has 0 saturated carbocycles. The van der Waals surface area contributed by atoms with E-state index in [0.29, 0.717) is 6.42 Å². The summed E-state index contributed by atoms with van der Waals surface area (Å²) in [5.41, 5.74) is 5.97. The molecule has 0 aliphatic rings. The van der Waals surface area contributed by atoms with Crippen molar-refractivity contribution in [2.24, 2.45) is 5.73 Å². The number of hydrogen-bond acceptors (Lipinski definition) is 3. The minimum absolute atomic E-state index is 0.0387. The van der Waals surface area contributed by atoms with Gasteiger partial charge >= 0.3 is 0 Å². The van der Waals surface area contributed by atoms with Crippen LogP contribution >= 0.6 is 11.6 Å². The van der Waals surface area contributed by atoms with E-state index in [9.17, 15) is 8.78 Å². The van der Waals surface area contributed by atoms with Crippen LogP contribution in [0.2, 0.25) is 5.02 Å². The molecule has 0 atom stereocenters. The van der Waals surface area contributed by atoms with Crippen molar-refractivity contribution in [2.45, 2.75) is 6.42 Å². The molecule has 0 aromatic heterocycles. The van der Waals surface area contributed by atoms with E-state index in [2.05, 4.69) is 0 Å². The number of ether oxygens (including phenoxy) is 2. The molecule has 0 amide bonds. The van der Waals surface area contributed by atoms with Gasteiger partial charge in [-0.2, -0.15) is 0 Å². The van der Waals surface area contributed by atoms with Gasteiger partial charge in [0.15, 0.2) is 17.4 Å². The van der Waals surface area contributed by atoms with Crippen LogP contribution in [-0.4, -0.2) is 12.6 Å². The minimum Gasteiger partial charge on any atom is -0.465 e. The first-order valence-electron chi connectivity index (χ1n) is 6.34. The van der Waals surface area contributed by atoms with Crippen molar-refractivity contribution in [1.82, 2.24) is 0 Å². The molecule has 3 N–H and O–H groups in total. The van der Waals surface area contributed by atoms with Gasteiger partial charge in [0.25, 0.3) is 6.02 Å². The largest absolute Gasteiger partial charge is 0.465 e. The van der Waals surface area contributed by atoms with Crippen LogP contribution in [0.4, 0.5) is 8.78 Å². The monoisotopic (exact) mass is 326 g/mol. The summed E-state index contributed by atoms with van der Waals surface area (Å²) in [7, 11) is 0. The second-order valence-electron chi connectivity index (χ2n) is 4.41. The van der Waals surface area contributed by atoms with Gasteiger partial charge in [-0.05, 0) is 29.8 Å². The normalized spacial score (nSPS) is 10.3. The molecule has 0 aliphatic carbocycles. The van der Waals surface area contributed by atoms with Gasteiger partial charge in [-0.3, -0.25) is 5.41 Å². The SMILES string of the molecule is N=C(N)OCCc1ccc(Oc2c(F)cc(Cl)cc2F)cc1. The Morgan fingerprint density at radius 3 is 2.27 bits per heavy atom. The van der Waals surface area contributed by atoms with E-state index in [-0.39, 0.29) is 23.4 Å². The second-order valence-corrected chi connectivity index (χ2v) is 4.84. The average molecular weight is 327 g/mol. The lowest BCUT2D eigenvalue weighted by molar-refractivity contribution is 0.301. The van der Waals surface area contributed by atoms with E-state index in [4.69, 9.17) is 32.2 Å². The van der Waals surface area contributed by atoms with E-state index in [0.717, 1.165) is 17.7 Å². The molecule has 4 nitrogen and oxygen atoms in total. The zero-order valence-electron chi connectivity index (χ0n) is 11.4. The summed E-state index contributed by atoms with van der Waals surface area (Å²) in [6.07, 6.45) is 0.545. The predicted octanol–water partition coefficient (Wildman–Crippen LogP) is 3.86. The van der Waals surface area contributed by atoms with Crippen LogP contribution < -0.4 is 10.5 Å².